The van der Waals surface area contributed by atoms with Crippen LogP contribution in [0.5, 0.6) is 0 Å². The number of aromatic nitrogens is 1. The first-order chi connectivity index (χ1) is 10.9. The minimum atomic E-state index is 0.547. The SMILES string of the molecule is CC#CC1=Cn2c3c(c4ccccc42)CCN2CCCC1C32. The second-order valence-electron chi connectivity index (χ2n) is 6.69. The minimum absolute atomic E-state index is 0.547. The van der Waals surface area contributed by atoms with Gasteiger partial charge >= 0.3 is 0 Å². The van der Waals surface area contributed by atoms with Gasteiger partial charge in [0.1, 0.15) is 0 Å². The summed E-state index contributed by atoms with van der Waals surface area (Å²) >= 11 is 0. The van der Waals surface area contributed by atoms with Crippen LogP contribution in [0, 0.1) is 17.8 Å². The predicted octanol–water partition coefficient (Wildman–Crippen LogP) is 3.83. The van der Waals surface area contributed by atoms with Crippen LogP contribution >= 0.6 is 0 Å². The second-order valence-corrected chi connectivity index (χ2v) is 6.69. The van der Waals surface area contributed by atoms with Crippen molar-refractivity contribution in [2.24, 2.45) is 5.92 Å². The summed E-state index contributed by atoms with van der Waals surface area (Å²) in [6.45, 7) is 4.40. The van der Waals surface area contributed by atoms with E-state index in [0.717, 1.165) is 0 Å². The van der Waals surface area contributed by atoms with Crippen LogP contribution in [0.1, 0.15) is 37.1 Å². The summed E-state index contributed by atoms with van der Waals surface area (Å²) in [4.78, 5) is 2.70. The summed E-state index contributed by atoms with van der Waals surface area (Å²) in [5, 5.41) is 1.45. The number of para-hydroxylation sites is 1. The Labute approximate surface area is 131 Å². The largest absolute Gasteiger partial charge is 0.317 e. The Morgan fingerprint density at radius 1 is 1.18 bits per heavy atom. The molecule has 1 saturated heterocycles. The molecule has 0 aliphatic carbocycles. The summed E-state index contributed by atoms with van der Waals surface area (Å²) in [7, 11) is 0. The van der Waals surface area contributed by atoms with E-state index in [1.165, 1.54) is 48.8 Å². The molecular weight excluding hydrogens is 268 g/mol. The molecule has 1 fully saturated rings. The highest BCUT2D eigenvalue weighted by molar-refractivity contribution is 5.89. The van der Waals surface area contributed by atoms with Crippen molar-refractivity contribution in [3.63, 3.8) is 0 Å². The molecule has 2 heteroatoms. The Hall–Kier alpha value is -1.98. The fraction of sp³-hybridized carbons (Fsp3) is 0.400. The summed E-state index contributed by atoms with van der Waals surface area (Å²) < 4.78 is 2.45. The number of hydrogen-bond acceptors (Lipinski definition) is 1. The molecule has 110 valence electrons. The third-order valence-electron chi connectivity index (χ3n) is 5.66. The molecule has 0 N–H and O–H groups in total. The van der Waals surface area contributed by atoms with Crippen molar-refractivity contribution in [2.75, 3.05) is 13.1 Å². The van der Waals surface area contributed by atoms with E-state index in [1.54, 1.807) is 11.3 Å². The van der Waals surface area contributed by atoms with E-state index in [4.69, 9.17) is 0 Å². The smallest absolute Gasteiger partial charge is 0.0583 e. The van der Waals surface area contributed by atoms with Crippen molar-refractivity contribution in [1.29, 1.82) is 0 Å². The lowest BCUT2D eigenvalue weighted by Crippen LogP contribution is -2.45. The molecule has 0 bridgehead atoms. The quantitative estimate of drug-likeness (QED) is 0.669. The standard InChI is InChI=1S/C20H20N2/c1-2-6-14-13-22-18-9-4-3-7-16(18)17-10-12-21-11-5-8-15(14)19(21)20(17)22/h3-4,7,9,13,15,19H,5,8,10-12H2,1H3. The van der Waals surface area contributed by atoms with Crippen molar-refractivity contribution in [2.45, 2.75) is 32.2 Å². The van der Waals surface area contributed by atoms with Gasteiger partial charge in [0.2, 0.25) is 0 Å². The molecule has 4 heterocycles. The third kappa shape index (κ3) is 1.50. The highest BCUT2D eigenvalue weighted by Crippen LogP contribution is 2.49. The maximum atomic E-state index is 3.41. The fourth-order valence-electron chi connectivity index (χ4n) is 4.84. The van der Waals surface area contributed by atoms with Crippen molar-refractivity contribution < 1.29 is 0 Å². The summed E-state index contributed by atoms with van der Waals surface area (Å²) in [6, 6.07) is 9.43. The van der Waals surface area contributed by atoms with Crippen LogP contribution in [0.15, 0.2) is 29.8 Å². The van der Waals surface area contributed by atoms with Crippen molar-refractivity contribution in [3.8, 4) is 11.8 Å². The van der Waals surface area contributed by atoms with Gasteiger partial charge in [0.05, 0.1) is 11.6 Å². The van der Waals surface area contributed by atoms with Crippen LogP contribution in [-0.4, -0.2) is 22.6 Å². The fourth-order valence-corrected chi connectivity index (χ4v) is 4.84. The van der Waals surface area contributed by atoms with E-state index in [-0.39, 0.29) is 0 Å². The molecule has 2 unspecified atom stereocenters. The van der Waals surface area contributed by atoms with Gasteiger partial charge in [-0.3, -0.25) is 4.90 Å². The maximum Gasteiger partial charge on any atom is 0.0583 e. The van der Waals surface area contributed by atoms with E-state index in [9.17, 15) is 0 Å². The normalized spacial score (nSPS) is 26.1. The van der Waals surface area contributed by atoms with E-state index in [1.807, 2.05) is 6.92 Å². The lowest BCUT2D eigenvalue weighted by molar-refractivity contribution is 0.0950. The molecule has 3 aliphatic rings. The Bertz CT molecular complexity index is 859. The number of piperidine rings is 1. The first-order valence-corrected chi connectivity index (χ1v) is 8.38. The number of nitrogens with zero attached hydrogens (tertiary/aromatic N) is 2. The highest BCUT2D eigenvalue weighted by Gasteiger charge is 2.42. The number of fused-ring (bicyclic) bond motifs is 3. The number of benzene rings is 1. The van der Waals surface area contributed by atoms with Crippen molar-refractivity contribution in [1.82, 2.24) is 9.47 Å². The summed E-state index contributed by atoms with van der Waals surface area (Å²) in [5.41, 5.74) is 5.83. The lowest BCUT2D eigenvalue weighted by Gasteiger charge is -2.46. The Morgan fingerprint density at radius 2 is 2.09 bits per heavy atom. The van der Waals surface area contributed by atoms with Crippen LogP contribution in [-0.2, 0) is 6.42 Å². The van der Waals surface area contributed by atoms with E-state index in [2.05, 4.69) is 51.8 Å². The first-order valence-electron chi connectivity index (χ1n) is 8.38. The second kappa shape index (κ2) is 4.51. The molecule has 22 heavy (non-hydrogen) atoms. The minimum Gasteiger partial charge on any atom is -0.317 e. The summed E-state index contributed by atoms with van der Waals surface area (Å²) in [6.07, 6.45) is 6.10. The molecule has 0 radical (unpaired) electrons. The van der Waals surface area contributed by atoms with Gasteiger partial charge in [0, 0.05) is 35.3 Å². The third-order valence-corrected chi connectivity index (χ3v) is 5.66. The molecule has 2 aromatic rings. The lowest BCUT2D eigenvalue weighted by atomic mass is 9.77. The maximum absolute atomic E-state index is 3.41. The molecule has 3 aliphatic heterocycles. The zero-order valence-electron chi connectivity index (χ0n) is 13.0. The average molecular weight is 288 g/mol. The molecule has 1 aromatic carbocycles. The molecule has 1 aromatic heterocycles. The average Bonchev–Trinajstić information content (AvgIpc) is 2.89. The van der Waals surface area contributed by atoms with Crippen molar-refractivity contribution in [3.05, 3.63) is 41.1 Å². The van der Waals surface area contributed by atoms with E-state index < -0.39 is 0 Å². The summed E-state index contributed by atoms with van der Waals surface area (Å²) in [5.74, 6) is 7.14. The zero-order valence-corrected chi connectivity index (χ0v) is 13.0. The Balaban J connectivity index is 1.87. The molecule has 5 rings (SSSR count). The molecule has 0 amide bonds. The van der Waals surface area contributed by atoms with Gasteiger partial charge in [-0.25, -0.2) is 0 Å². The molecule has 0 saturated carbocycles. The Kier molecular flexibility index (Phi) is 2.57. The van der Waals surface area contributed by atoms with Gasteiger partial charge in [-0.05, 0) is 44.4 Å². The monoisotopic (exact) mass is 288 g/mol. The van der Waals surface area contributed by atoms with Crippen LogP contribution < -0.4 is 0 Å². The van der Waals surface area contributed by atoms with Gasteiger partial charge < -0.3 is 4.57 Å². The van der Waals surface area contributed by atoms with Crippen LogP contribution in [0.3, 0.4) is 0 Å². The Morgan fingerprint density at radius 3 is 3.00 bits per heavy atom. The van der Waals surface area contributed by atoms with Gasteiger partial charge in [-0.2, -0.15) is 0 Å². The number of hydrogen-bond donors (Lipinski definition) is 0. The molecule has 0 spiro atoms. The van der Waals surface area contributed by atoms with Gasteiger partial charge in [0.15, 0.2) is 0 Å². The van der Waals surface area contributed by atoms with Crippen molar-refractivity contribution >= 4 is 17.1 Å². The molecule has 2 nitrogen and oxygen atoms in total. The van der Waals surface area contributed by atoms with Crippen LogP contribution in [0.2, 0.25) is 0 Å². The predicted molar refractivity (Wildman–Crippen MR) is 90.4 cm³/mol. The molecule has 2 atom stereocenters. The topological polar surface area (TPSA) is 8.17 Å². The van der Waals surface area contributed by atoms with Crippen LogP contribution in [0.4, 0.5) is 0 Å². The van der Waals surface area contributed by atoms with E-state index >= 15 is 0 Å². The zero-order chi connectivity index (χ0) is 14.7. The molecular formula is C20H20N2. The van der Waals surface area contributed by atoms with Gasteiger partial charge in [0.25, 0.3) is 0 Å². The van der Waals surface area contributed by atoms with Crippen LogP contribution in [0.25, 0.3) is 17.1 Å². The first kappa shape index (κ1) is 12.6. The van der Waals surface area contributed by atoms with Gasteiger partial charge in [-0.15, -0.1) is 5.92 Å². The highest BCUT2D eigenvalue weighted by atomic mass is 15.2. The number of rotatable bonds is 0. The van der Waals surface area contributed by atoms with Gasteiger partial charge in [-0.1, -0.05) is 24.1 Å². The van der Waals surface area contributed by atoms with E-state index in [0.29, 0.717) is 12.0 Å².